The lowest BCUT2D eigenvalue weighted by Gasteiger charge is -2.09. The molecular formula is C6H5BF5N2-. The molecule has 78 valence electrons. The Bertz CT molecular complexity index is 357. The maximum absolute atomic E-state index is 12.5. The summed E-state index contributed by atoms with van der Waals surface area (Å²) in [6.07, 6.45) is 0.777. The van der Waals surface area contributed by atoms with Gasteiger partial charge < -0.3 is 12.9 Å². The van der Waals surface area contributed by atoms with Crippen molar-refractivity contribution in [1.82, 2.24) is 9.78 Å². The van der Waals surface area contributed by atoms with E-state index in [0.717, 1.165) is 0 Å². The molecule has 0 saturated heterocycles. The molecule has 1 unspecified atom stereocenters. The van der Waals surface area contributed by atoms with Crippen molar-refractivity contribution in [3.63, 3.8) is 0 Å². The molecule has 0 radical (unpaired) electrons. The van der Waals surface area contributed by atoms with Crippen molar-refractivity contribution in [2.45, 2.75) is 18.4 Å². The Morgan fingerprint density at radius 2 is 2.00 bits per heavy atom. The van der Waals surface area contributed by atoms with E-state index >= 15 is 0 Å². The van der Waals surface area contributed by atoms with Crippen molar-refractivity contribution >= 4 is 12.4 Å². The molecule has 1 aliphatic carbocycles. The summed E-state index contributed by atoms with van der Waals surface area (Å²) in [4.78, 5) is 0. The first kappa shape index (κ1) is 9.48. The van der Waals surface area contributed by atoms with Gasteiger partial charge in [0.15, 0.2) is 0 Å². The van der Waals surface area contributed by atoms with Gasteiger partial charge in [0.05, 0.1) is 0 Å². The lowest BCUT2D eigenvalue weighted by molar-refractivity contribution is 0.0983. The molecule has 1 heterocycles. The van der Waals surface area contributed by atoms with E-state index in [4.69, 9.17) is 0 Å². The monoisotopic (exact) mass is 211 g/mol. The smallest absolute Gasteiger partial charge is 0.445 e. The van der Waals surface area contributed by atoms with Crippen LogP contribution in [0.1, 0.15) is 12.5 Å². The topological polar surface area (TPSA) is 17.8 Å². The number of aromatic nitrogens is 2. The molecule has 2 nitrogen and oxygen atoms in total. The summed E-state index contributed by atoms with van der Waals surface area (Å²) in [6.45, 7) is -5.15. The van der Waals surface area contributed by atoms with E-state index in [0.29, 0.717) is 17.1 Å². The summed E-state index contributed by atoms with van der Waals surface area (Å²) in [6, 6.07) is -1.20. The SMILES string of the molecule is F[B-](F)(F)c1cnn(C2CC2(F)F)c1. The third kappa shape index (κ3) is 1.48. The Hall–Kier alpha value is -1.08. The summed E-state index contributed by atoms with van der Waals surface area (Å²) >= 11 is 0. The molecule has 0 spiro atoms. The predicted octanol–water partition coefficient (Wildman–Crippen LogP) is 1.52. The fourth-order valence-electron chi connectivity index (χ4n) is 1.18. The second kappa shape index (κ2) is 2.49. The van der Waals surface area contributed by atoms with Crippen LogP contribution in [-0.2, 0) is 0 Å². The molecule has 1 aromatic heterocycles. The fraction of sp³-hybridized carbons (Fsp3) is 0.500. The van der Waals surface area contributed by atoms with Gasteiger partial charge in [0.2, 0.25) is 0 Å². The first-order chi connectivity index (χ1) is 6.31. The molecule has 0 aromatic carbocycles. The average Bonchev–Trinajstić information content (AvgIpc) is 2.48. The summed E-state index contributed by atoms with van der Waals surface area (Å²) in [5.41, 5.74) is -0.937. The minimum atomic E-state index is -5.15. The second-order valence-electron chi connectivity index (χ2n) is 3.31. The van der Waals surface area contributed by atoms with Gasteiger partial charge in [0.25, 0.3) is 5.92 Å². The molecule has 1 atom stereocenters. The van der Waals surface area contributed by atoms with Crippen LogP contribution in [0.15, 0.2) is 12.4 Å². The minimum Gasteiger partial charge on any atom is -0.445 e. The molecule has 1 aromatic rings. The Balaban J connectivity index is 2.20. The van der Waals surface area contributed by atoms with Crippen LogP contribution in [0.2, 0.25) is 0 Å². The number of rotatable bonds is 2. The Kier molecular flexibility index (Phi) is 1.68. The highest BCUT2D eigenvalue weighted by atomic mass is 19.4. The molecule has 0 amide bonds. The van der Waals surface area contributed by atoms with Crippen molar-refractivity contribution < 1.29 is 21.7 Å². The van der Waals surface area contributed by atoms with E-state index in [1.54, 1.807) is 0 Å². The van der Waals surface area contributed by atoms with Crippen molar-refractivity contribution in [3.05, 3.63) is 12.4 Å². The summed E-state index contributed by atoms with van der Waals surface area (Å²) < 4.78 is 61.9. The molecule has 2 rings (SSSR count). The minimum absolute atomic E-state index is 0.432. The number of hydrogen-bond donors (Lipinski definition) is 0. The van der Waals surface area contributed by atoms with E-state index in [-0.39, 0.29) is 0 Å². The number of halogens is 5. The molecule has 1 saturated carbocycles. The van der Waals surface area contributed by atoms with Gasteiger partial charge in [-0.3, -0.25) is 4.68 Å². The highest BCUT2D eigenvalue weighted by molar-refractivity contribution is 6.73. The van der Waals surface area contributed by atoms with Gasteiger partial charge in [0.1, 0.15) is 6.04 Å². The van der Waals surface area contributed by atoms with E-state index in [2.05, 4.69) is 5.10 Å². The van der Waals surface area contributed by atoms with Gasteiger partial charge in [-0.2, -0.15) is 5.10 Å². The van der Waals surface area contributed by atoms with Gasteiger partial charge in [0, 0.05) is 12.6 Å². The maximum Gasteiger partial charge on any atom is 0.512 e. The summed E-state index contributed by atoms with van der Waals surface area (Å²) in [5.74, 6) is -2.90. The van der Waals surface area contributed by atoms with Gasteiger partial charge in [-0.15, -0.1) is 0 Å². The van der Waals surface area contributed by atoms with Crippen molar-refractivity contribution in [1.29, 1.82) is 0 Å². The Labute approximate surface area is 75.8 Å². The van der Waals surface area contributed by atoms with Crippen LogP contribution in [0.3, 0.4) is 0 Å². The second-order valence-corrected chi connectivity index (χ2v) is 3.31. The van der Waals surface area contributed by atoms with Crippen LogP contribution in [0.25, 0.3) is 0 Å². The van der Waals surface area contributed by atoms with Gasteiger partial charge >= 0.3 is 6.98 Å². The van der Waals surface area contributed by atoms with Gasteiger partial charge in [-0.05, 0) is 6.20 Å². The highest BCUT2D eigenvalue weighted by Crippen LogP contribution is 2.51. The summed E-state index contributed by atoms with van der Waals surface area (Å²) in [5, 5.41) is 3.27. The van der Waals surface area contributed by atoms with Crippen LogP contribution in [0.5, 0.6) is 0 Å². The first-order valence-electron chi connectivity index (χ1n) is 3.92. The molecule has 8 heteroatoms. The molecule has 0 bridgehead atoms. The lowest BCUT2D eigenvalue weighted by Crippen LogP contribution is -2.32. The normalized spacial score (nSPS) is 25.1. The predicted molar refractivity (Wildman–Crippen MR) is 39.5 cm³/mol. The van der Waals surface area contributed by atoms with Crippen LogP contribution in [0, 0.1) is 0 Å². The molecule has 14 heavy (non-hydrogen) atoms. The van der Waals surface area contributed by atoms with Crippen LogP contribution in [0.4, 0.5) is 21.7 Å². The van der Waals surface area contributed by atoms with E-state index < -0.39 is 30.8 Å². The number of nitrogens with zero attached hydrogens (tertiary/aromatic N) is 2. The first-order valence-corrected chi connectivity index (χ1v) is 3.92. The van der Waals surface area contributed by atoms with Crippen LogP contribution >= 0.6 is 0 Å². The van der Waals surface area contributed by atoms with E-state index in [9.17, 15) is 21.7 Å². The molecule has 1 fully saturated rings. The maximum atomic E-state index is 12.5. The number of alkyl halides is 2. The van der Waals surface area contributed by atoms with Crippen molar-refractivity contribution in [2.75, 3.05) is 0 Å². The highest BCUT2D eigenvalue weighted by Gasteiger charge is 2.59. The zero-order valence-electron chi connectivity index (χ0n) is 6.80. The van der Waals surface area contributed by atoms with Crippen molar-refractivity contribution in [2.24, 2.45) is 0 Å². The Morgan fingerprint density at radius 1 is 1.43 bits per heavy atom. The third-order valence-electron chi connectivity index (χ3n) is 2.11. The Morgan fingerprint density at radius 3 is 2.36 bits per heavy atom. The summed E-state index contributed by atoms with van der Waals surface area (Å²) in [7, 11) is 0. The molecule has 0 N–H and O–H groups in total. The average molecular weight is 211 g/mol. The van der Waals surface area contributed by atoms with Crippen LogP contribution < -0.4 is 5.46 Å². The lowest BCUT2D eigenvalue weighted by atomic mass is 9.83. The van der Waals surface area contributed by atoms with Crippen LogP contribution in [-0.4, -0.2) is 22.7 Å². The quantitative estimate of drug-likeness (QED) is 0.535. The van der Waals surface area contributed by atoms with Gasteiger partial charge in [-0.1, -0.05) is 5.46 Å². The zero-order valence-corrected chi connectivity index (χ0v) is 6.80. The third-order valence-corrected chi connectivity index (χ3v) is 2.11. The molecular weight excluding hydrogens is 206 g/mol. The zero-order chi connectivity index (χ0) is 10.6. The van der Waals surface area contributed by atoms with Gasteiger partial charge in [-0.25, -0.2) is 8.78 Å². The van der Waals surface area contributed by atoms with Crippen molar-refractivity contribution in [3.8, 4) is 0 Å². The molecule has 0 aliphatic heterocycles. The fourth-order valence-corrected chi connectivity index (χ4v) is 1.18. The van der Waals surface area contributed by atoms with E-state index in [1.165, 1.54) is 0 Å². The number of hydrogen-bond acceptors (Lipinski definition) is 1. The standard InChI is InChI=1S/C6H5BF5N2/c8-6(9)1-5(6)14-3-4(2-13-14)7(10,11)12/h2-3,5H,1H2/q-1. The van der Waals surface area contributed by atoms with E-state index in [1.807, 2.05) is 0 Å². The molecule has 1 aliphatic rings. The largest absolute Gasteiger partial charge is 0.512 e.